The van der Waals surface area contributed by atoms with E-state index < -0.39 is 0 Å². The van der Waals surface area contributed by atoms with Gasteiger partial charge >= 0.3 is 0 Å². The average molecular weight is 360 g/mol. The first-order chi connectivity index (χ1) is 12.5. The number of tetrazole rings is 1. The van der Waals surface area contributed by atoms with Gasteiger partial charge in [-0.25, -0.2) is 4.68 Å². The molecule has 0 saturated heterocycles. The lowest BCUT2D eigenvalue weighted by molar-refractivity contribution is -0.122. The number of nitrogens with zero attached hydrogens (tertiary/aromatic N) is 5. The molecule has 9 nitrogen and oxygen atoms in total. The first kappa shape index (κ1) is 18.1. The predicted octanol–water partition coefficient (Wildman–Crippen LogP) is 0.470. The van der Waals surface area contributed by atoms with Crippen LogP contribution in [-0.2, 0) is 17.9 Å². The summed E-state index contributed by atoms with van der Waals surface area (Å²) in [4.78, 5) is 14.3. The van der Waals surface area contributed by atoms with E-state index in [0.29, 0.717) is 37.3 Å². The van der Waals surface area contributed by atoms with Crippen LogP contribution in [0, 0.1) is 0 Å². The zero-order chi connectivity index (χ0) is 18.5. The molecule has 1 aromatic carbocycles. The number of benzene rings is 1. The predicted molar refractivity (Wildman–Crippen MR) is 93.8 cm³/mol. The highest BCUT2D eigenvalue weighted by Gasteiger charge is 2.21. The number of ether oxygens (including phenoxy) is 2. The van der Waals surface area contributed by atoms with E-state index in [0.717, 1.165) is 5.75 Å². The zero-order valence-electron chi connectivity index (χ0n) is 15.3. The Kier molecular flexibility index (Phi) is 5.67. The molecule has 1 N–H and O–H groups in total. The lowest BCUT2D eigenvalue weighted by Gasteiger charge is -2.26. The number of hydrogen-bond donors (Lipinski definition) is 1. The molecule has 2 heterocycles. The average Bonchev–Trinajstić information content (AvgIpc) is 3.06. The van der Waals surface area contributed by atoms with Crippen LogP contribution in [0.25, 0.3) is 0 Å². The van der Waals surface area contributed by atoms with Crippen molar-refractivity contribution in [2.24, 2.45) is 0 Å². The fourth-order valence-electron chi connectivity index (χ4n) is 2.45. The van der Waals surface area contributed by atoms with Crippen LogP contribution in [0.2, 0.25) is 0 Å². The van der Waals surface area contributed by atoms with Crippen LogP contribution in [-0.4, -0.2) is 63.4 Å². The maximum atomic E-state index is 12.2. The Balaban J connectivity index is 1.49. The molecule has 0 aliphatic carbocycles. The van der Waals surface area contributed by atoms with Gasteiger partial charge in [-0.2, -0.15) is 0 Å². The van der Waals surface area contributed by atoms with Crippen molar-refractivity contribution in [3.05, 3.63) is 30.1 Å². The highest BCUT2D eigenvalue weighted by atomic mass is 16.6. The molecule has 26 heavy (non-hydrogen) atoms. The number of fused-ring (bicyclic) bond motifs is 1. The third kappa shape index (κ3) is 4.48. The van der Waals surface area contributed by atoms with Crippen LogP contribution >= 0.6 is 0 Å². The molecule has 0 saturated carbocycles. The summed E-state index contributed by atoms with van der Waals surface area (Å²) in [7, 11) is 1.99. The highest BCUT2D eigenvalue weighted by Crippen LogP contribution is 2.30. The van der Waals surface area contributed by atoms with E-state index in [1.165, 1.54) is 4.68 Å². The molecule has 0 radical (unpaired) electrons. The van der Waals surface area contributed by atoms with Gasteiger partial charge in [0, 0.05) is 6.04 Å². The molecular formula is C17H24N6O3. The number of para-hydroxylation sites is 2. The molecule has 2 aromatic rings. The van der Waals surface area contributed by atoms with Gasteiger partial charge in [0.1, 0.15) is 19.3 Å². The van der Waals surface area contributed by atoms with Gasteiger partial charge in [0.25, 0.3) is 0 Å². The van der Waals surface area contributed by atoms with Crippen LogP contribution in [0.3, 0.4) is 0 Å². The Morgan fingerprint density at radius 1 is 1.38 bits per heavy atom. The van der Waals surface area contributed by atoms with E-state index in [2.05, 4.69) is 39.6 Å². The van der Waals surface area contributed by atoms with Gasteiger partial charge in [0.2, 0.25) is 5.91 Å². The first-order valence-electron chi connectivity index (χ1n) is 8.63. The van der Waals surface area contributed by atoms with Gasteiger partial charge in [-0.15, -0.1) is 5.10 Å². The second-order valence-electron chi connectivity index (χ2n) is 6.56. The van der Waals surface area contributed by atoms with Crippen molar-refractivity contribution in [3.63, 3.8) is 0 Å². The van der Waals surface area contributed by atoms with Crippen molar-refractivity contribution in [2.45, 2.75) is 39.1 Å². The minimum atomic E-state index is -0.228. The molecular weight excluding hydrogens is 336 g/mol. The molecule has 0 fully saturated rings. The molecule has 1 aromatic heterocycles. The molecule has 0 bridgehead atoms. The maximum Gasteiger partial charge on any atom is 0.242 e. The minimum absolute atomic E-state index is 0.0679. The highest BCUT2D eigenvalue weighted by molar-refractivity contribution is 5.75. The Bertz CT molecular complexity index is 748. The third-order valence-corrected chi connectivity index (χ3v) is 4.27. The quantitative estimate of drug-likeness (QED) is 0.767. The van der Waals surface area contributed by atoms with E-state index in [1.807, 2.05) is 31.3 Å². The number of amides is 1. The minimum Gasteiger partial charge on any atom is -0.486 e. The van der Waals surface area contributed by atoms with Crippen LogP contribution in [0.4, 0.5) is 0 Å². The van der Waals surface area contributed by atoms with Crippen molar-refractivity contribution < 1.29 is 14.3 Å². The molecule has 1 amide bonds. The summed E-state index contributed by atoms with van der Waals surface area (Å²) < 4.78 is 13.0. The van der Waals surface area contributed by atoms with E-state index >= 15 is 0 Å². The Hall–Kier alpha value is -2.68. The summed E-state index contributed by atoms with van der Waals surface area (Å²) in [5, 5.41) is 14.4. The molecule has 1 unspecified atom stereocenters. The summed E-state index contributed by atoms with van der Waals surface area (Å²) in [6, 6.07) is 7.85. The summed E-state index contributed by atoms with van der Waals surface area (Å²) in [5.41, 5.74) is 0. The molecule has 9 heteroatoms. The number of hydrogen-bond acceptors (Lipinski definition) is 7. The zero-order valence-corrected chi connectivity index (χ0v) is 15.3. The molecule has 0 spiro atoms. The molecule has 1 aliphatic rings. The number of carbonyl (C=O) groups excluding carboxylic acids is 1. The summed E-state index contributed by atoms with van der Waals surface area (Å²) in [6.45, 7) is 5.58. The van der Waals surface area contributed by atoms with Crippen molar-refractivity contribution in [3.8, 4) is 11.5 Å². The number of nitrogens with one attached hydrogen (secondary N) is 1. The lowest BCUT2D eigenvalue weighted by Crippen LogP contribution is -2.42. The van der Waals surface area contributed by atoms with Gasteiger partial charge in [-0.3, -0.25) is 9.69 Å². The van der Waals surface area contributed by atoms with Crippen molar-refractivity contribution >= 4 is 5.91 Å². The summed E-state index contributed by atoms with van der Waals surface area (Å²) in [6.07, 6.45) is -0.228. The maximum absolute atomic E-state index is 12.2. The lowest BCUT2D eigenvalue weighted by atomic mass is 10.2. The standard InChI is InChI=1S/C17H24N6O3/c1-12(2)22(3)9-16-19-20-21-23(16)10-17(24)18-8-13-11-25-14-6-4-5-7-15(14)26-13/h4-7,12-13H,8-11H2,1-3H3,(H,18,24). The van der Waals surface area contributed by atoms with Crippen LogP contribution in [0.15, 0.2) is 24.3 Å². The fraction of sp³-hybridized carbons (Fsp3) is 0.529. The van der Waals surface area contributed by atoms with Gasteiger partial charge in [0.05, 0.1) is 13.1 Å². The van der Waals surface area contributed by atoms with E-state index in [1.54, 1.807) is 0 Å². The SMILES string of the molecule is CC(C)N(C)Cc1nnnn1CC(=O)NCC1COc2ccccc2O1. The van der Waals surface area contributed by atoms with Crippen molar-refractivity contribution in [2.75, 3.05) is 20.2 Å². The first-order valence-corrected chi connectivity index (χ1v) is 8.63. The largest absolute Gasteiger partial charge is 0.486 e. The Morgan fingerprint density at radius 2 is 2.15 bits per heavy atom. The summed E-state index contributed by atoms with van der Waals surface area (Å²) in [5.74, 6) is 1.90. The summed E-state index contributed by atoms with van der Waals surface area (Å²) >= 11 is 0. The normalized spacial score (nSPS) is 16.1. The van der Waals surface area contributed by atoms with Crippen LogP contribution < -0.4 is 14.8 Å². The third-order valence-electron chi connectivity index (χ3n) is 4.27. The monoisotopic (exact) mass is 360 g/mol. The van der Waals surface area contributed by atoms with Gasteiger partial charge in [0.15, 0.2) is 17.3 Å². The van der Waals surface area contributed by atoms with E-state index in [-0.39, 0.29) is 18.6 Å². The van der Waals surface area contributed by atoms with Gasteiger partial charge < -0.3 is 14.8 Å². The van der Waals surface area contributed by atoms with Gasteiger partial charge in [-0.1, -0.05) is 12.1 Å². The fourth-order valence-corrected chi connectivity index (χ4v) is 2.45. The second-order valence-corrected chi connectivity index (χ2v) is 6.56. The molecule has 3 rings (SSSR count). The van der Waals surface area contributed by atoms with Crippen LogP contribution in [0.1, 0.15) is 19.7 Å². The van der Waals surface area contributed by atoms with Crippen molar-refractivity contribution in [1.29, 1.82) is 0 Å². The number of carbonyl (C=O) groups is 1. The number of aromatic nitrogens is 4. The van der Waals surface area contributed by atoms with Crippen LogP contribution in [0.5, 0.6) is 11.5 Å². The van der Waals surface area contributed by atoms with Crippen molar-refractivity contribution in [1.82, 2.24) is 30.4 Å². The molecule has 1 atom stereocenters. The van der Waals surface area contributed by atoms with E-state index in [9.17, 15) is 4.79 Å². The molecule has 1 aliphatic heterocycles. The Morgan fingerprint density at radius 3 is 2.92 bits per heavy atom. The topological polar surface area (TPSA) is 94.4 Å². The smallest absolute Gasteiger partial charge is 0.242 e. The number of rotatable bonds is 7. The van der Waals surface area contributed by atoms with E-state index in [4.69, 9.17) is 9.47 Å². The Labute approximate surface area is 152 Å². The molecule has 140 valence electrons. The second kappa shape index (κ2) is 8.13. The van der Waals surface area contributed by atoms with Gasteiger partial charge in [-0.05, 0) is 43.5 Å².